The van der Waals surface area contributed by atoms with Gasteiger partial charge in [-0.3, -0.25) is 0 Å². The van der Waals surface area contributed by atoms with Crippen LogP contribution in [0, 0.1) is 5.82 Å². The molecule has 88 valence electrons. The van der Waals surface area contributed by atoms with E-state index in [1.807, 2.05) is 0 Å². The molecule has 0 saturated carbocycles. The number of hydrogen-bond donors (Lipinski definition) is 2. The van der Waals surface area contributed by atoms with Crippen molar-refractivity contribution in [3.8, 4) is 11.5 Å². The predicted octanol–water partition coefficient (Wildman–Crippen LogP) is 0.115. The Morgan fingerprint density at radius 2 is 1.94 bits per heavy atom. The van der Waals surface area contributed by atoms with Crippen LogP contribution in [0.1, 0.15) is 0 Å². The van der Waals surface area contributed by atoms with Gasteiger partial charge in [0.05, 0.1) is 7.11 Å². The van der Waals surface area contributed by atoms with E-state index in [0.29, 0.717) is 6.07 Å². The van der Waals surface area contributed by atoms with E-state index in [9.17, 15) is 13.2 Å². The van der Waals surface area contributed by atoms with Gasteiger partial charge in [0.2, 0.25) is 5.75 Å². The molecule has 1 aromatic carbocycles. The zero-order chi connectivity index (χ0) is 12.3. The van der Waals surface area contributed by atoms with Gasteiger partial charge in [-0.1, -0.05) is 0 Å². The fraction of sp³-hybridized carbons (Fsp3) is 0.250. The third kappa shape index (κ3) is 2.80. The molecule has 0 aliphatic rings. The second-order valence-electron chi connectivity index (χ2n) is 2.79. The Hall–Kier alpha value is -1.41. The summed E-state index contributed by atoms with van der Waals surface area (Å²) in [4.78, 5) is 0. The molecule has 0 bridgehead atoms. The monoisotopic (exact) mass is 236 g/mol. The van der Waals surface area contributed by atoms with Crippen LogP contribution in [-0.4, -0.2) is 30.9 Å². The molecule has 0 amide bonds. The number of hydrogen-bond acceptors (Lipinski definition) is 4. The van der Waals surface area contributed by atoms with Gasteiger partial charge in [0.25, 0.3) is 0 Å². The van der Waals surface area contributed by atoms with E-state index in [-0.39, 0.29) is 11.2 Å². The molecule has 0 radical (unpaired) electrons. The third-order valence-electron chi connectivity index (χ3n) is 1.76. The van der Waals surface area contributed by atoms with E-state index in [1.165, 1.54) is 0 Å². The highest BCUT2D eigenvalue weighted by atomic mass is 19.3. The van der Waals surface area contributed by atoms with Crippen LogP contribution in [0.3, 0.4) is 0 Å². The molecule has 4 nitrogen and oxygen atoms in total. The van der Waals surface area contributed by atoms with Gasteiger partial charge in [-0.15, -0.1) is 0 Å². The average Bonchev–Trinajstić information content (AvgIpc) is 2.19. The Bertz CT molecular complexity index is 373. The Balaban J connectivity index is 3.17. The van der Waals surface area contributed by atoms with Crippen LogP contribution in [0.4, 0.5) is 13.2 Å². The molecule has 0 aromatic heterocycles. The van der Waals surface area contributed by atoms with Crippen LogP contribution in [0.25, 0.3) is 0 Å². The molecule has 0 saturated heterocycles. The molecule has 0 aliphatic heterocycles. The number of halogens is 3. The first-order chi connectivity index (χ1) is 7.45. The van der Waals surface area contributed by atoms with Gasteiger partial charge in [0.1, 0.15) is 0 Å². The lowest BCUT2D eigenvalue weighted by Crippen LogP contribution is -2.30. The molecule has 0 fully saturated rings. The van der Waals surface area contributed by atoms with E-state index in [0.717, 1.165) is 13.2 Å². The van der Waals surface area contributed by atoms with Crippen LogP contribution in [0.5, 0.6) is 11.5 Å². The largest absolute Gasteiger partial charge is 0.493 e. The van der Waals surface area contributed by atoms with E-state index >= 15 is 0 Å². The van der Waals surface area contributed by atoms with Crippen molar-refractivity contribution in [3.63, 3.8) is 0 Å². The summed E-state index contributed by atoms with van der Waals surface area (Å²) in [5.41, 5.74) is -0.226. The molecule has 16 heavy (non-hydrogen) atoms. The minimum atomic E-state index is -3.20. The van der Waals surface area contributed by atoms with E-state index < -0.39 is 25.3 Å². The number of methoxy groups -OCH3 is 1. The second-order valence-corrected chi connectivity index (χ2v) is 2.79. The van der Waals surface area contributed by atoms with Crippen molar-refractivity contribution >= 4 is 12.6 Å². The molecular formula is C8H8BF3O4. The average molecular weight is 236 g/mol. The van der Waals surface area contributed by atoms with E-state index in [2.05, 4.69) is 9.47 Å². The SMILES string of the molecule is COc1cc(B(O)O)cc(F)c1OC(F)F. The third-order valence-corrected chi connectivity index (χ3v) is 1.76. The van der Waals surface area contributed by atoms with Crippen LogP contribution < -0.4 is 14.9 Å². The summed E-state index contributed by atoms with van der Waals surface area (Å²) in [6.45, 7) is -3.20. The topological polar surface area (TPSA) is 58.9 Å². The summed E-state index contributed by atoms with van der Waals surface area (Å²) < 4.78 is 45.6. The Morgan fingerprint density at radius 1 is 1.31 bits per heavy atom. The molecule has 1 aromatic rings. The van der Waals surface area contributed by atoms with Gasteiger partial charge in [-0.25, -0.2) is 4.39 Å². The van der Waals surface area contributed by atoms with Gasteiger partial charge in [-0.05, 0) is 17.6 Å². The fourth-order valence-electron chi connectivity index (χ4n) is 1.09. The highest BCUT2D eigenvalue weighted by molar-refractivity contribution is 6.58. The number of ether oxygens (including phenoxy) is 2. The summed E-state index contributed by atoms with van der Waals surface area (Å²) in [6.07, 6.45) is 0. The van der Waals surface area contributed by atoms with Crippen molar-refractivity contribution in [3.05, 3.63) is 17.9 Å². The smallest absolute Gasteiger partial charge is 0.488 e. The van der Waals surface area contributed by atoms with Crippen molar-refractivity contribution < 1.29 is 32.7 Å². The van der Waals surface area contributed by atoms with Crippen molar-refractivity contribution in [2.75, 3.05) is 7.11 Å². The van der Waals surface area contributed by atoms with E-state index in [4.69, 9.17) is 10.0 Å². The van der Waals surface area contributed by atoms with Crippen LogP contribution in [0.2, 0.25) is 0 Å². The quantitative estimate of drug-likeness (QED) is 0.728. The molecule has 0 atom stereocenters. The van der Waals surface area contributed by atoms with E-state index in [1.54, 1.807) is 0 Å². The standard InChI is InChI=1S/C8H8BF3O4/c1-15-6-3-4(9(13)14)2-5(10)7(6)16-8(11)12/h2-3,8,13-14H,1H3. The lowest BCUT2D eigenvalue weighted by atomic mass is 9.80. The summed E-state index contributed by atoms with van der Waals surface area (Å²) in [5.74, 6) is -2.28. The molecule has 0 spiro atoms. The lowest BCUT2D eigenvalue weighted by Gasteiger charge is -2.12. The maximum absolute atomic E-state index is 13.3. The minimum absolute atomic E-state index is 0.226. The molecule has 2 N–H and O–H groups in total. The summed E-state index contributed by atoms with van der Waals surface area (Å²) in [6, 6.07) is 1.66. The molecular weight excluding hydrogens is 228 g/mol. The zero-order valence-corrected chi connectivity index (χ0v) is 8.15. The van der Waals surface area contributed by atoms with Crippen molar-refractivity contribution in [2.45, 2.75) is 6.61 Å². The summed E-state index contributed by atoms with van der Waals surface area (Å²) in [5, 5.41) is 17.6. The van der Waals surface area contributed by atoms with Gasteiger partial charge < -0.3 is 19.5 Å². The van der Waals surface area contributed by atoms with Crippen molar-refractivity contribution in [1.82, 2.24) is 0 Å². The zero-order valence-electron chi connectivity index (χ0n) is 8.15. The van der Waals surface area contributed by atoms with Crippen molar-refractivity contribution in [1.29, 1.82) is 0 Å². The normalized spacial score (nSPS) is 10.4. The molecule has 1 rings (SSSR count). The fourth-order valence-corrected chi connectivity index (χ4v) is 1.09. The number of alkyl halides is 2. The van der Waals surface area contributed by atoms with Gasteiger partial charge in [-0.2, -0.15) is 8.78 Å². The van der Waals surface area contributed by atoms with Gasteiger partial charge >= 0.3 is 13.7 Å². The molecule has 0 heterocycles. The maximum Gasteiger partial charge on any atom is 0.488 e. The Labute approximate surface area is 89.4 Å². The lowest BCUT2D eigenvalue weighted by molar-refractivity contribution is -0.0535. The first kappa shape index (κ1) is 12.7. The Kier molecular flexibility index (Phi) is 4.02. The van der Waals surface area contributed by atoms with Gasteiger partial charge in [0.15, 0.2) is 11.6 Å². The van der Waals surface area contributed by atoms with Crippen LogP contribution >= 0.6 is 0 Å². The minimum Gasteiger partial charge on any atom is -0.493 e. The number of rotatable bonds is 4. The first-order valence-corrected chi connectivity index (χ1v) is 4.14. The molecule has 0 unspecified atom stereocenters. The predicted molar refractivity (Wildman–Crippen MR) is 49.4 cm³/mol. The highest BCUT2D eigenvalue weighted by Gasteiger charge is 2.21. The number of benzene rings is 1. The highest BCUT2D eigenvalue weighted by Crippen LogP contribution is 2.30. The van der Waals surface area contributed by atoms with Crippen LogP contribution in [0.15, 0.2) is 12.1 Å². The summed E-state index contributed by atoms with van der Waals surface area (Å²) >= 11 is 0. The first-order valence-electron chi connectivity index (χ1n) is 4.14. The van der Waals surface area contributed by atoms with Crippen LogP contribution in [-0.2, 0) is 0 Å². The van der Waals surface area contributed by atoms with Crippen molar-refractivity contribution in [2.24, 2.45) is 0 Å². The van der Waals surface area contributed by atoms with Gasteiger partial charge in [0, 0.05) is 0 Å². The Morgan fingerprint density at radius 3 is 2.38 bits per heavy atom. The second kappa shape index (κ2) is 5.08. The molecule has 8 heteroatoms. The summed E-state index contributed by atoms with van der Waals surface area (Å²) in [7, 11) is -0.815. The molecule has 0 aliphatic carbocycles. The maximum atomic E-state index is 13.3.